The molecule has 1 heterocycles. The third kappa shape index (κ3) is 3.25. The minimum absolute atomic E-state index is 0.0180. The number of benzene rings is 2. The van der Waals surface area contributed by atoms with Gasteiger partial charge in [0.05, 0.1) is 0 Å². The zero-order chi connectivity index (χ0) is 15.5. The molecule has 0 bridgehead atoms. The Labute approximate surface area is 135 Å². The van der Waals surface area contributed by atoms with Crippen LogP contribution in [0, 0.1) is 0 Å². The minimum atomic E-state index is -0.508. The van der Waals surface area contributed by atoms with Crippen molar-refractivity contribution in [2.24, 2.45) is 0 Å². The molecule has 1 amide bonds. The number of hydrogen-bond donors (Lipinski definition) is 0. The number of carbonyl (C=O) groups excluding carboxylic acids is 1. The van der Waals surface area contributed by atoms with Gasteiger partial charge in [-0.25, -0.2) is 0 Å². The van der Waals surface area contributed by atoms with Gasteiger partial charge in [0.15, 0.2) is 6.10 Å². The van der Waals surface area contributed by atoms with Crippen molar-refractivity contribution in [3.05, 3.63) is 64.7 Å². The van der Waals surface area contributed by atoms with E-state index < -0.39 is 6.10 Å². The van der Waals surface area contributed by atoms with E-state index in [1.165, 1.54) is 11.1 Å². The highest BCUT2D eigenvalue weighted by Gasteiger charge is 2.25. The summed E-state index contributed by atoms with van der Waals surface area (Å²) in [6, 6.07) is 15.3. The third-order valence-corrected chi connectivity index (χ3v) is 4.17. The van der Waals surface area contributed by atoms with E-state index in [0.717, 1.165) is 13.0 Å². The van der Waals surface area contributed by atoms with Crippen LogP contribution in [-0.2, 0) is 17.8 Å². The first-order valence-electron chi connectivity index (χ1n) is 7.41. The lowest BCUT2D eigenvalue weighted by Gasteiger charge is -2.31. The number of amides is 1. The number of hydrogen-bond acceptors (Lipinski definition) is 2. The number of rotatable bonds is 3. The Morgan fingerprint density at radius 2 is 1.82 bits per heavy atom. The second-order valence-electron chi connectivity index (χ2n) is 5.49. The fraction of sp³-hybridized carbons (Fsp3) is 0.278. The molecule has 0 spiro atoms. The number of halogens is 1. The quantitative estimate of drug-likeness (QED) is 0.864. The Balaban J connectivity index is 1.65. The largest absolute Gasteiger partial charge is 0.481 e. The lowest BCUT2D eigenvalue weighted by Crippen LogP contribution is -2.43. The smallest absolute Gasteiger partial charge is 0.263 e. The van der Waals surface area contributed by atoms with Crippen molar-refractivity contribution in [1.29, 1.82) is 0 Å². The number of fused-ring (bicyclic) bond motifs is 1. The van der Waals surface area contributed by atoms with Crippen LogP contribution >= 0.6 is 11.6 Å². The number of nitrogens with zero attached hydrogens (tertiary/aromatic N) is 1. The zero-order valence-electron chi connectivity index (χ0n) is 12.5. The fourth-order valence-electron chi connectivity index (χ4n) is 2.71. The van der Waals surface area contributed by atoms with E-state index in [1.807, 2.05) is 17.0 Å². The molecule has 3 nitrogen and oxygen atoms in total. The molecule has 0 radical (unpaired) electrons. The maximum Gasteiger partial charge on any atom is 0.263 e. The van der Waals surface area contributed by atoms with Crippen molar-refractivity contribution in [2.45, 2.75) is 26.0 Å². The summed E-state index contributed by atoms with van der Waals surface area (Å²) >= 11 is 5.85. The number of carbonyl (C=O) groups is 1. The molecule has 0 aliphatic carbocycles. The summed E-state index contributed by atoms with van der Waals surface area (Å²) < 4.78 is 5.72. The Kier molecular flexibility index (Phi) is 4.34. The summed E-state index contributed by atoms with van der Waals surface area (Å²) in [5, 5.41) is 0.652. The monoisotopic (exact) mass is 315 g/mol. The van der Waals surface area contributed by atoms with Crippen LogP contribution < -0.4 is 4.74 Å². The Morgan fingerprint density at radius 3 is 2.55 bits per heavy atom. The highest BCUT2D eigenvalue weighted by Crippen LogP contribution is 2.21. The van der Waals surface area contributed by atoms with E-state index in [-0.39, 0.29) is 5.91 Å². The van der Waals surface area contributed by atoms with Crippen LogP contribution in [-0.4, -0.2) is 23.5 Å². The Bertz CT molecular complexity index is 669. The predicted molar refractivity (Wildman–Crippen MR) is 87.1 cm³/mol. The average molecular weight is 316 g/mol. The van der Waals surface area contributed by atoms with Crippen LogP contribution in [0.1, 0.15) is 18.1 Å². The van der Waals surface area contributed by atoms with Crippen LogP contribution in [0.2, 0.25) is 5.02 Å². The van der Waals surface area contributed by atoms with Gasteiger partial charge in [0.25, 0.3) is 5.91 Å². The zero-order valence-corrected chi connectivity index (χ0v) is 13.2. The lowest BCUT2D eigenvalue weighted by molar-refractivity contribution is -0.138. The molecule has 0 saturated carbocycles. The van der Waals surface area contributed by atoms with E-state index in [4.69, 9.17) is 16.3 Å². The molecule has 0 unspecified atom stereocenters. The van der Waals surface area contributed by atoms with Crippen LogP contribution in [0.15, 0.2) is 48.5 Å². The molecule has 114 valence electrons. The summed E-state index contributed by atoms with van der Waals surface area (Å²) in [5.41, 5.74) is 2.55. The first kappa shape index (κ1) is 14.9. The van der Waals surface area contributed by atoms with Gasteiger partial charge in [-0.05, 0) is 48.7 Å². The number of ether oxygens (including phenoxy) is 1. The SMILES string of the molecule is C[C@H](Oc1ccc(Cl)cc1)C(=O)N1CCc2ccccc2C1. The van der Waals surface area contributed by atoms with Gasteiger partial charge in [0.1, 0.15) is 5.75 Å². The van der Waals surface area contributed by atoms with Gasteiger partial charge in [-0.2, -0.15) is 0 Å². The van der Waals surface area contributed by atoms with Gasteiger partial charge in [-0.3, -0.25) is 4.79 Å². The highest BCUT2D eigenvalue weighted by molar-refractivity contribution is 6.30. The van der Waals surface area contributed by atoms with Crippen molar-refractivity contribution in [2.75, 3.05) is 6.54 Å². The standard InChI is InChI=1S/C18H18ClNO2/c1-13(22-17-8-6-16(19)7-9-17)18(21)20-11-10-14-4-2-3-5-15(14)12-20/h2-9,13H,10-12H2,1H3/t13-/m0/s1. The normalized spacial score (nSPS) is 15.1. The topological polar surface area (TPSA) is 29.5 Å². The Morgan fingerprint density at radius 1 is 1.14 bits per heavy atom. The molecular weight excluding hydrogens is 298 g/mol. The van der Waals surface area contributed by atoms with Crippen molar-refractivity contribution in [3.63, 3.8) is 0 Å². The lowest BCUT2D eigenvalue weighted by atomic mass is 9.99. The van der Waals surface area contributed by atoms with Gasteiger partial charge in [-0.15, -0.1) is 0 Å². The third-order valence-electron chi connectivity index (χ3n) is 3.92. The van der Waals surface area contributed by atoms with Gasteiger partial charge < -0.3 is 9.64 Å². The molecule has 4 heteroatoms. The van der Waals surface area contributed by atoms with Crippen LogP contribution in [0.25, 0.3) is 0 Å². The van der Waals surface area contributed by atoms with Crippen LogP contribution in [0.3, 0.4) is 0 Å². The van der Waals surface area contributed by atoms with Crippen molar-refractivity contribution in [1.82, 2.24) is 4.90 Å². The molecule has 2 aromatic carbocycles. The van der Waals surface area contributed by atoms with E-state index >= 15 is 0 Å². The van der Waals surface area contributed by atoms with Gasteiger partial charge in [-0.1, -0.05) is 35.9 Å². The molecule has 1 aliphatic heterocycles. The van der Waals surface area contributed by atoms with Gasteiger partial charge in [0, 0.05) is 18.1 Å². The molecule has 2 aromatic rings. The molecule has 0 fully saturated rings. The molecule has 22 heavy (non-hydrogen) atoms. The molecule has 1 aliphatic rings. The van der Waals surface area contributed by atoms with Crippen molar-refractivity contribution >= 4 is 17.5 Å². The van der Waals surface area contributed by atoms with E-state index in [9.17, 15) is 4.79 Å². The fourth-order valence-corrected chi connectivity index (χ4v) is 2.83. The molecule has 3 rings (SSSR count). The molecule has 0 aromatic heterocycles. The van der Waals surface area contributed by atoms with E-state index in [2.05, 4.69) is 12.1 Å². The molecule has 0 N–H and O–H groups in total. The van der Waals surface area contributed by atoms with Crippen molar-refractivity contribution < 1.29 is 9.53 Å². The van der Waals surface area contributed by atoms with E-state index in [1.54, 1.807) is 31.2 Å². The minimum Gasteiger partial charge on any atom is -0.481 e. The van der Waals surface area contributed by atoms with Crippen LogP contribution in [0.5, 0.6) is 5.75 Å². The predicted octanol–water partition coefficient (Wildman–Crippen LogP) is 3.69. The second-order valence-corrected chi connectivity index (χ2v) is 5.93. The van der Waals surface area contributed by atoms with E-state index in [0.29, 0.717) is 17.3 Å². The second kappa shape index (κ2) is 6.41. The molecule has 0 saturated heterocycles. The molecular formula is C18H18ClNO2. The maximum atomic E-state index is 12.6. The summed E-state index contributed by atoms with van der Waals surface area (Å²) in [7, 11) is 0. The first-order chi connectivity index (χ1) is 10.6. The van der Waals surface area contributed by atoms with Gasteiger partial charge in [0.2, 0.25) is 0 Å². The summed E-state index contributed by atoms with van der Waals surface area (Å²) in [6.07, 6.45) is 0.390. The summed E-state index contributed by atoms with van der Waals surface area (Å²) in [6.45, 7) is 3.19. The maximum absolute atomic E-state index is 12.6. The first-order valence-corrected chi connectivity index (χ1v) is 7.79. The van der Waals surface area contributed by atoms with Crippen LogP contribution in [0.4, 0.5) is 0 Å². The average Bonchev–Trinajstić information content (AvgIpc) is 2.55. The Hall–Kier alpha value is -2.00. The molecule has 1 atom stereocenters. The highest BCUT2D eigenvalue weighted by atomic mass is 35.5. The van der Waals surface area contributed by atoms with Gasteiger partial charge >= 0.3 is 0 Å². The summed E-state index contributed by atoms with van der Waals surface area (Å²) in [5.74, 6) is 0.673. The van der Waals surface area contributed by atoms with Crippen molar-refractivity contribution in [3.8, 4) is 5.75 Å². The summed E-state index contributed by atoms with van der Waals surface area (Å²) in [4.78, 5) is 14.4.